The molecule has 4 N–H and O–H groups in total. The first kappa shape index (κ1) is 28.9. The van der Waals surface area contributed by atoms with Crippen LogP contribution in [0.1, 0.15) is 70.8 Å². The first-order valence-electron chi connectivity index (χ1n) is 14.7. The van der Waals surface area contributed by atoms with Gasteiger partial charge in [-0.3, -0.25) is 9.59 Å². The van der Waals surface area contributed by atoms with Gasteiger partial charge in [0.2, 0.25) is 11.8 Å². The fourth-order valence-corrected chi connectivity index (χ4v) is 6.62. The number of nitrogens with zero attached hydrogens (tertiary/aromatic N) is 3. The Morgan fingerprint density at radius 3 is 2.27 bits per heavy atom. The van der Waals surface area contributed by atoms with Gasteiger partial charge in [-0.1, -0.05) is 61.5 Å². The number of nitrogens with two attached hydrogens (primary N) is 1. The SMILES string of the molecule is CCC(=O)N(C)[C@H]1CC[C@H](CC(=O)Nc2cc(-c3ccccc3)c(-c3ccc([C@]4(N)C[C@](C)(O)C4)cc3)nn2)CC1. The van der Waals surface area contributed by atoms with Crippen LogP contribution < -0.4 is 11.1 Å². The number of hydrogen-bond donors (Lipinski definition) is 3. The van der Waals surface area contributed by atoms with Crippen LogP contribution in [-0.2, 0) is 15.1 Å². The summed E-state index contributed by atoms with van der Waals surface area (Å²) in [5.41, 5.74) is 9.76. The van der Waals surface area contributed by atoms with Gasteiger partial charge in [0, 0.05) is 42.6 Å². The first-order valence-corrected chi connectivity index (χ1v) is 14.7. The molecule has 0 radical (unpaired) electrons. The lowest BCUT2D eigenvalue weighted by Gasteiger charge is -2.49. The molecule has 2 amide bonds. The van der Waals surface area contributed by atoms with E-state index in [0.717, 1.165) is 53.6 Å². The number of nitrogens with one attached hydrogen (secondary N) is 1. The molecular weight excluding hydrogens is 514 g/mol. The number of amides is 2. The number of carbonyl (C=O) groups excluding carboxylic acids is 2. The quantitative estimate of drug-likeness (QED) is 0.348. The maximum Gasteiger partial charge on any atom is 0.225 e. The van der Waals surface area contributed by atoms with Crippen molar-refractivity contribution in [2.75, 3.05) is 12.4 Å². The molecule has 41 heavy (non-hydrogen) atoms. The smallest absolute Gasteiger partial charge is 0.225 e. The van der Waals surface area contributed by atoms with Gasteiger partial charge in [0.25, 0.3) is 0 Å². The summed E-state index contributed by atoms with van der Waals surface area (Å²) in [4.78, 5) is 26.9. The average molecular weight is 556 g/mol. The molecule has 0 unspecified atom stereocenters. The van der Waals surface area contributed by atoms with Gasteiger partial charge in [0.1, 0.15) is 5.69 Å². The van der Waals surface area contributed by atoms with Crippen LogP contribution in [0.3, 0.4) is 0 Å². The van der Waals surface area contributed by atoms with E-state index in [1.54, 1.807) is 0 Å². The largest absolute Gasteiger partial charge is 0.390 e. The third-order valence-corrected chi connectivity index (χ3v) is 8.81. The van der Waals surface area contributed by atoms with Crippen molar-refractivity contribution < 1.29 is 14.7 Å². The van der Waals surface area contributed by atoms with E-state index in [1.165, 1.54) is 0 Å². The highest BCUT2D eigenvalue weighted by molar-refractivity contribution is 5.91. The van der Waals surface area contributed by atoms with Gasteiger partial charge >= 0.3 is 0 Å². The molecule has 2 aliphatic carbocycles. The lowest BCUT2D eigenvalue weighted by atomic mass is 9.63. The van der Waals surface area contributed by atoms with Crippen molar-refractivity contribution >= 4 is 17.6 Å². The van der Waals surface area contributed by atoms with Crippen LogP contribution in [0.4, 0.5) is 5.82 Å². The summed E-state index contributed by atoms with van der Waals surface area (Å²) < 4.78 is 0. The highest BCUT2D eigenvalue weighted by Gasteiger charge is 2.49. The molecule has 0 bridgehead atoms. The summed E-state index contributed by atoms with van der Waals surface area (Å²) in [6.07, 6.45) is 5.71. The topological polar surface area (TPSA) is 121 Å². The monoisotopic (exact) mass is 555 g/mol. The zero-order valence-electron chi connectivity index (χ0n) is 24.3. The first-order chi connectivity index (χ1) is 19.6. The van der Waals surface area contributed by atoms with E-state index in [-0.39, 0.29) is 17.9 Å². The Kier molecular flexibility index (Phi) is 8.25. The zero-order chi connectivity index (χ0) is 29.2. The summed E-state index contributed by atoms with van der Waals surface area (Å²) in [5, 5.41) is 22.1. The Hall–Kier alpha value is -3.62. The van der Waals surface area contributed by atoms with E-state index in [9.17, 15) is 14.7 Å². The van der Waals surface area contributed by atoms with Gasteiger partial charge in [-0.25, -0.2) is 0 Å². The van der Waals surface area contributed by atoms with Gasteiger partial charge < -0.3 is 21.1 Å². The van der Waals surface area contributed by atoms with E-state index in [0.29, 0.717) is 37.4 Å². The lowest BCUT2D eigenvalue weighted by Crippen LogP contribution is -2.58. The molecule has 2 aromatic carbocycles. The molecule has 2 fully saturated rings. The van der Waals surface area contributed by atoms with Crippen molar-refractivity contribution in [3.05, 3.63) is 66.2 Å². The van der Waals surface area contributed by atoms with Gasteiger partial charge in [-0.05, 0) is 68.6 Å². The number of rotatable bonds is 8. The maximum absolute atomic E-state index is 13.0. The Balaban J connectivity index is 1.29. The molecule has 0 spiro atoms. The van der Waals surface area contributed by atoms with Crippen LogP contribution in [0, 0.1) is 5.92 Å². The predicted molar refractivity (Wildman–Crippen MR) is 161 cm³/mol. The number of anilines is 1. The van der Waals surface area contributed by atoms with Crippen LogP contribution in [0.2, 0.25) is 0 Å². The molecule has 3 aromatic rings. The Labute approximate surface area is 242 Å². The van der Waals surface area contributed by atoms with Crippen molar-refractivity contribution in [3.63, 3.8) is 0 Å². The van der Waals surface area contributed by atoms with Gasteiger partial charge in [0.05, 0.1) is 5.60 Å². The molecule has 1 heterocycles. The van der Waals surface area contributed by atoms with Crippen LogP contribution in [0.15, 0.2) is 60.7 Å². The van der Waals surface area contributed by atoms with Crippen molar-refractivity contribution in [1.82, 2.24) is 15.1 Å². The second-order valence-corrected chi connectivity index (χ2v) is 12.2. The molecular formula is C33H41N5O3. The number of aromatic nitrogens is 2. The minimum absolute atomic E-state index is 0.0681. The number of hydrogen-bond acceptors (Lipinski definition) is 6. The molecule has 0 atom stereocenters. The van der Waals surface area contributed by atoms with Crippen molar-refractivity contribution in [2.24, 2.45) is 11.7 Å². The Morgan fingerprint density at radius 1 is 1.00 bits per heavy atom. The Bertz CT molecular complexity index is 1370. The van der Waals surface area contributed by atoms with Crippen LogP contribution in [0.5, 0.6) is 0 Å². The van der Waals surface area contributed by atoms with E-state index >= 15 is 0 Å². The van der Waals surface area contributed by atoms with Gasteiger partial charge in [-0.2, -0.15) is 0 Å². The summed E-state index contributed by atoms with van der Waals surface area (Å²) in [5.74, 6) is 0.825. The molecule has 1 aromatic heterocycles. The Morgan fingerprint density at radius 2 is 1.66 bits per heavy atom. The van der Waals surface area contributed by atoms with E-state index in [4.69, 9.17) is 5.73 Å². The molecule has 2 aliphatic rings. The van der Waals surface area contributed by atoms with Gasteiger partial charge in [-0.15, -0.1) is 10.2 Å². The third-order valence-electron chi connectivity index (χ3n) is 8.81. The standard InChI is InChI=1S/C33H41N5O3/c1-4-30(40)38(3)26-16-10-22(11-17-26)18-29(39)35-28-19-27(23-8-6-5-7-9-23)31(37-36-28)24-12-14-25(15-13-24)33(34)20-32(2,41)21-33/h5-9,12-15,19,22,26,41H,4,10-11,16-18,20-21,34H2,1-3H3,(H,35,36,39)/t22-,26-,32-,33-. The second kappa shape index (κ2) is 11.7. The average Bonchev–Trinajstić information content (AvgIpc) is 2.96. The molecule has 0 aliphatic heterocycles. The number of carbonyl (C=O) groups is 2. The minimum Gasteiger partial charge on any atom is -0.390 e. The summed E-state index contributed by atoms with van der Waals surface area (Å²) in [7, 11) is 1.89. The fourth-order valence-electron chi connectivity index (χ4n) is 6.62. The highest BCUT2D eigenvalue weighted by Crippen LogP contribution is 2.46. The normalized spacial score (nSPS) is 25.7. The van der Waals surface area contributed by atoms with Crippen molar-refractivity contribution in [3.8, 4) is 22.4 Å². The van der Waals surface area contributed by atoms with Crippen LogP contribution in [0.25, 0.3) is 22.4 Å². The molecule has 8 nitrogen and oxygen atoms in total. The third kappa shape index (κ3) is 6.49. The van der Waals surface area contributed by atoms with Crippen LogP contribution >= 0.6 is 0 Å². The summed E-state index contributed by atoms with van der Waals surface area (Å²) in [6.45, 7) is 3.71. The van der Waals surface area contributed by atoms with Crippen molar-refractivity contribution in [1.29, 1.82) is 0 Å². The minimum atomic E-state index is -0.717. The van der Waals surface area contributed by atoms with E-state index < -0.39 is 11.1 Å². The molecule has 0 saturated heterocycles. The molecule has 8 heteroatoms. The molecule has 216 valence electrons. The fraction of sp³-hybridized carbons (Fsp3) is 0.455. The highest BCUT2D eigenvalue weighted by atomic mass is 16.3. The maximum atomic E-state index is 13.0. The summed E-state index contributed by atoms with van der Waals surface area (Å²) in [6, 6.07) is 20.1. The zero-order valence-corrected chi connectivity index (χ0v) is 24.3. The summed E-state index contributed by atoms with van der Waals surface area (Å²) >= 11 is 0. The second-order valence-electron chi connectivity index (χ2n) is 12.2. The molecule has 5 rings (SSSR count). The van der Waals surface area contributed by atoms with Gasteiger partial charge in [0.15, 0.2) is 5.82 Å². The number of aliphatic hydroxyl groups is 1. The van der Waals surface area contributed by atoms with E-state index in [2.05, 4.69) is 15.5 Å². The van der Waals surface area contributed by atoms with E-state index in [1.807, 2.05) is 86.5 Å². The van der Waals surface area contributed by atoms with Crippen LogP contribution in [-0.4, -0.2) is 50.7 Å². The molecule has 2 saturated carbocycles. The lowest BCUT2D eigenvalue weighted by molar-refractivity contribution is -0.132. The predicted octanol–water partition coefficient (Wildman–Crippen LogP) is 5.27. The number of benzene rings is 2. The van der Waals surface area contributed by atoms with Crippen molar-refractivity contribution in [2.45, 2.75) is 82.4 Å².